The van der Waals surface area contributed by atoms with E-state index < -0.39 is 44.4 Å². The van der Waals surface area contributed by atoms with Crippen LogP contribution in [-0.2, 0) is 23.9 Å². The molecule has 1 saturated heterocycles. The fourth-order valence-electron chi connectivity index (χ4n) is 10.9. The number of hydrogen-bond donors (Lipinski definition) is 0. The van der Waals surface area contributed by atoms with Crippen molar-refractivity contribution < 1.29 is 23.9 Å². The first-order valence-electron chi connectivity index (χ1n) is 14.8. The number of ketones is 2. The fourth-order valence-corrected chi connectivity index (χ4v) is 10.9. The molecular weight excluding hydrogens is 504 g/mol. The molecule has 6 aliphatic rings. The Balaban J connectivity index is 1.59. The number of hydrogen-bond acceptors (Lipinski definition) is 6. The number of Topliss-reactive ketones (excluding diaryl/α,β-unsaturated/α-hetero) is 1. The minimum atomic E-state index is -1.42. The summed E-state index contributed by atoms with van der Waals surface area (Å²) in [5, 5.41) is 10.1. The molecule has 8 atom stereocenters. The molecule has 6 rings (SSSR count). The van der Waals surface area contributed by atoms with E-state index in [0.717, 1.165) is 24.8 Å². The summed E-state index contributed by atoms with van der Waals surface area (Å²) >= 11 is 0. The summed E-state index contributed by atoms with van der Waals surface area (Å²) in [4.78, 5) is 57.2. The third-order valence-electron chi connectivity index (χ3n) is 13.2. The monoisotopic (exact) mass is 546 g/mol. The van der Waals surface area contributed by atoms with Gasteiger partial charge in [-0.25, -0.2) is 0 Å². The molecule has 0 N–H and O–H groups in total. The second kappa shape index (κ2) is 7.55. The number of fused-ring (bicyclic) bond motifs is 4. The molecule has 0 radical (unpaired) electrons. The van der Waals surface area contributed by atoms with Crippen molar-refractivity contribution in [2.24, 2.45) is 44.3 Å². The number of rotatable bonds is 1. The van der Waals surface area contributed by atoms with Crippen molar-refractivity contribution in [2.45, 2.75) is 92.1 Å². The van der Waals surface area contributed by atoms with Crippen LogP contribution in [0.5, 0.6) is 0 Å². The molecule has 4 fully saturated rings. The maximum absolute atomic E-state index is 14.7. The molecule has 2 bridgehead atoms. The topological polar surface area (TPSA) is 105 Å². The van der Waals surface area contributed by atoms with E-state index in [1.807, 2.05) is 6.92 Å². The van der Waals surface area contributed by atoms with Gasteiger partial charge >= 0.3 is 5.97 Å². The zero-order chi connectivity index (χ0) is 29.5. The van der Waals surface area contributed by atoms with Crippen molar-refractivity contribution in [3.8, 4) is 6.07 Å². The molecule has 7 nitrogen and oxygen atoms in total. The average molecular weight is 547 g/mol. The largest absolute Gasteiger partial charge is 0.449 e. The highest BCUT2D eigenvalue weighted by Crippen LogP contribution is 2.78. The van der Waals surface area contributed by atoms with Gasteiger partial charge in [0.15, 0.2) is 17.2 Å². The zero-order valence-corrected chi connectivity index (χ0v) is 25.2. The lowest BCUT2D eigenvalue weighted by Crippen LogP contribution is -2.72. The molecule has 3 saturated carbocycles. The van der Waals surface area contributed by atoms with Crippen molar-refractivity contribution in [2.75, 3.05) is 14.1 Å². The highest BCUT2D eigenvalue weighted by molar-refractivity contribution is 6.16. The minimum absolute atomic E-state index is 0.00469. The lowest BCUT2D eigenvalue weighted by Gasteiger charge is -2.68. The molecule has 0 aromatic rings. The van der Waals surface area contributed by atoms with Gasteiger partial charge in [-0.05, 0) is 80.3 Å². The molecule has 1 heterocycles. The van der Waals surface area contributed by atoms with Crippen LogP contribution in [0.4, 0.5) is 0 Å². The van der Waals surface area contributed by atoms with Crippen molar-refractivity contribution in [3.05, 3.63) is 23.3 Å². The number of ether oxygens (including phenoxy) is 1. The van der Waals surface area contributed by atoms with E-state index in [1.54, 1.807) is 33.2 Å². The van der Waals surface area contributed by atoms with Gasteiger partial charge in [0, 0.05) is 30.8 Å². The average Bonchev–Trinajstić information content (AvgIpc) is 3.07. The predicted molar refractivity (Wildman–Crippen MR) is 147 cm³/mol. The van der Waals surface area contributed by atoms with Crippen LogP contribution in [0.1, 0.15) is 86.5 Å². The van der Waals surface area contributed by atoms with Gasteiger partial charge in [-0.15, -0.1) is 0 Å². The van der Waals surface area contributed by atoms with E-state index >= 15 is 0 Å². The van der Waals surface area contributed by atoms with E-state index in [-0.39, 0.29) is 34.6 Å². The van der Waals surface area contributed by atoms with E-state index in [9.17, 15) is 24.4 Å². The molecule has 1 aliphatic heterocycles. The first-order chi connectivity index (χ1) is 18.4. The van der Waals surface area contributed by atoms with Crippen LogP contribution < -0.4 is 0 Å². The van der Waals surface area contributed by atoms with Gasteiger partial charge in [-0.3, -0.25) is 19.2 Å². The summed E-state index contributed by atoms with van der Waals surface area (Å²) < 4.78 is 6.46. The molecule has 0 aromatic heterocycles. The van der Waals surface area contributed by atoms with Crippen LogP contribution in [-0.4, -0.2) is 48.0 Å². The molecule has 5 aliphatic carbocycles. The maximum Gasteiger partial charge on any atom is 0.313 e. The van der Waals surface area contributed by atoms with Crippen LogP contribution in [0.2, 0.25) is 0 Å². The molecular formula is C33H42N2O5. The van der Waals surface area contributed by atoms with Crippen LogP contribution in [0, 0.1) is 55.7 Å². The summed E-state index contributed by atoms with van der Waals surface area (Å²) in [7, 11) is 3.27. The highest BCUT2D eigenvalue weighted by atomic mass is 16.6. The highest BCUT2D eigenvalue weighted by Gasteiger charge is 2.82. The molecule has 1 amide bonds. The van der Waals surface area contributed by atoms with Crippen molar-refractivity contribution in [1.82, 2.24) is 4.90 Å². The molecule has 0 unspecified atom stereocenters. The maximum atomic E-state index is 14.7. The minimum Gasteiger partial charge on any atom is -0.449 e. The SMILES string of the molecule is CN(C)C(=O)[C@]1(C)C(=O)C(C#N)=C[C@]2(C)C3=CC(=O)[C@]45OC(=O)[C@@]6(CCC(C)(C)C[C@H]64)CC[C@@]5(C)[C@]3(C)CC[C@@H]12. The second-order valence-corrected chi connectivity index (χ2v) is 15.6. The fraction of sp³-hybridized carbons (Fsp3) is 0.727. The lowest BCUT2D eigenvalue weighted by molar-refractivity contribution is -0.207. The summed E-state index contributed by atoms with van der Waals surface area (Å²) in [5.41, 5.74) is -4.46. The zero-order valence-electron chi connectivity index (χ0n) is 25.2. The predicted octanol–water partition coefficient (Wildman–Crippen LogP) is 4.95. The van der Waals surface area contributed by atoms with Crippen LogP contribution in [0.15, 0.2) is 23.3 Å². The number of amides is 1. The summed E-state index contributed by atoms with van der Waals surface area (Å²) in [6.07, 6.45) is 8.54. The first-order valence-corrected chi connectivity index (χ1v) is 14.8. The number of nitriles is 1. The summed E-state index contributed by atoms with van der Waals surface area (Å²) in [6.45, 7) is 12.5. The van der Waals surface area contributed by atoms with Gasteiger partial charge in [0.05, 0.1) is 11.0 Å². The normalized spacial score (nSPS) is 48.3. The molecule has 1 spiro atoms. The standard InChI is InChI=1S/C33H42N2O5/c1-27(2)11-13-32-14-12-30(5)29(4)10-9-20-28(3,16-19(18-34)24(37)31(20,6)25(38)35(7)8)21(29)15-23(36)33(30,22(32)17-27)40-26(32)39/h15-16,20,22H,9-14,17H2,1-8H3/t20-,22-,28+,29-,30+,31+,32+,33-/m1/s1. The Labute approximate surface area is 237 Å². The van der Waals surface area contributed by atoms with Gasteiger partial charge in [0.25, 0.3) is 0 Å². The third kappa shape index (κ3) is 2.68. The van der Waals surface area contributed by atoms with E-state index in [1.165, 1.54) is 4.90 Å². The van der Waals surface area contributed by atoms with Gasteiger partial charge in [0.2, 0.25) is 5.91 Å². The molecule has 0 aromatic carbocycles. The van der Waals surface area contributed by atoms with Gasteiger partial charge < -0.3 is 9.64 Å². The number of nitrogens with zero attached hydrogens (tertiary/aromatic N) is 2. The third-order valence-corrected chi connectivity index (χ3v) is 13.2. The Bertz CT molecular complexity index is 1400. The van der Waals surface area contributed by atoms with Gasteiger partial charge in [-0.1, -0.05) is 40.7 Å². The summed E-state index contributed by atoms with van der Waals surface area (Å²) in [5.74, 6) is -1.72. The number of carbonyl (C=O) groups is 4. The van der Waals surface area contributed by atoms with Crippen molar-refractivity contribution in [1.29, 1.82) is 5.26 Å². The Morgan fingerprint density at radius 1 is 0.975 bits per heavy atom. The lowest BCUT2D eigenvalue weighted by atomic mass is 9.33. The summed E-state index contributed by atoms with van der Waals surface area (Å²) in [6, 6.07) is 2.08. The Morgan fingerprint density at radius 3 is 2.25 bits per heavy atom. The molecule has 214 valence electrons. The van der Waals surface area contributed by atoms with Gasteiger partial charge in [-0.2, -0.15) is 5.26 Å². The molecule has 40 heavy (non-hydrogen) atoms. The number of esters is 1. The molecule has 7 heteroatoms. The van der Waals surface area contributed by atoms with Crippen LogP contribution >= 0.6 is 0 Å². The Kier molecular flexibility index (Phi) is 5.17. The van der Waals surface area contributed by atoms with E-state index in [0.29, 0.717) is 25.7 Å². The smallest absolute Gasteiger partial charge is 0.313 e. The first kappa shape index (κ1) is 27.4. The van der Waals surface area contributed by atoms with Crippen molar-refractivity contribution >= 4 is 23.4 Å². The Morgan fingerprint density at radius 2 is 1.62 bits per heavy atom. The number of allylic oxidation sites excluding steroid dienone is 3. The number of carbonyl (C=O) groups excluding carboxylic acids is 4. The quantitative estimate of drug-likeness (QED) is 0.340. The van der Waals surface area contributed by atoms with Crippen LogP contribution in [0.25, 0.3) is 0 Å². The van der Waals surface area contributed by atoms with E-state index in [4.69, 9.17) is 4.74 Å². The van der Waals surface area contributed by atoms with E-state index in [2.05, 4.69) is 33.8 Å². The van der Waals surface area contributed by atoms with Gasteiger partial charge in [0.1, 0.15) is 11.5 Å². The van der Waals surface area contributed by atoms with Crippen molar-refractivity contribution in [3.63, 3.8) is 0 Å². The Hall–Kier alpha value is -2.75. The second-order valence-electron chi connectivity index (χ2n) is 15.6. The van der Waals surface area contributed by atoms with Crippen LogP contribution in [0.3, 0.4) is 0 Å².